The van der Waals surface area contributed by atoms with E-state index < -0.39 is 0 Å². The van der Waals surface area contributed by atoms with Crippen molar-refractivity contribution in [3.63, 3.8) is 0 Å². The summed E-state index contributed by atoms with van der Waals surface area (Å²) in [4.78, 5) is 10.4. The van der Waals surface area contributed by atoms with Crippen LogP contribution in [0.1, 0.15) is 0 Å². The van der Waals surface area contributed by atoms with E-state index in [0.717, 1.165) is 94.1 Å². The first kappa shape index (κ1) is 35.3. The smallest absolute Gasteiger partial charge is 0.148 e. The summed E-state index contributed by atoms with van der Waals surface area (Å²) in [6.07, 6.45) is 1.92. The minimum atomic E-state index is 0. The molecule has 0 unspecified atom stereocenters. The van der Waals surface area contributed by atoms with Gasteiger partial charge in [0.1, 0.15) is 22.7 Å². The van der Waals surface area contributed by atoms with Crippen LogP contribution in [0.2, 0.25) is 0 Å². The molecule has 0 fully saturated rings. The summed E-state index contributed by atoms with van der Waals surface area (Å²) < 4.78 is 8.64. The van der Waals surface area contributed by atoms with Gasteiger partial charge in [0.2, 0.25) is 0 Å². The molecule has 0 bridgehead atoms. The molecule has 8 aromatic carbocycles. The predicted octanol–water partition coefficient (Wildman–Crippen LogP) is 13.3. The number of benzene rings is 8. The molecule has 0 aliphatic carbocycles. The van der Waals surface area contributed by atoms with Gasteiger partial charge in [-0.15, -0.1) is 23.8 Å². The molecule has 3 heterocycles. The van der Waals surface area contributed by atoms with Gasteiger partial charge in [0.15, 0.2) is 0 Å². The average molecular weight is 926 g/mol. The Balaban J connectivity index is 0.00000408. The Hall–Kier alpha value is -7.07. The van der Waals surface area contributed by atoms with Crippen molar-refractivity contribution < 1.29 is 30.6 Å². The van der Waals surface area contributed by atoms with E-state index in [-0.39, 0.29) is 26.8 Å². The number of hydrogen-bond acceptors (Lipinski definition) is 4. The van der Waals surface area contributed by atoms with Crippen molar-refractivity contribution in [1.82, 2.24) is 14.5 Å². The minimum absolute atomic E-state index is 0. The number of rotatable bonds is 6. The molecule has 6 heteroatoms. The number of aromatic nitrogens is 3. The van der Waals surface area contributed by atoms with Crippen molar-refractivity contribution in [2.45, 2.75) is 0 Å². The molecule has 0 amide bonds. The number of furan rings is 1. The van der Waals surface area contributed by atoms with Gasteiger partial charge in [-0.2, -0.15) is 0 Å². The maximum atomic E-state index is 11.3. The molecule has 11 aromatic rings. The van der Waals surface area contributed by atoms with Crippen LogP contribution >= 0.6 is 0 Å². The van der Waals surface area contributed by atoms with E-state index in [9.17, 15) is 5.11 Å². The zero-order valence-electron chi connectivity index (χ0n) is 30.9. The molecule has 3 aromatic heterocycles. The number of phenols is 1. The molecule has 1 N–H and O–H groups in total. The number of phenolic OH excluding ortho intramolecular Hbond substituents is 1. The standard InChI is InChI=1S/C52H32N3O2.Pt/c56-48-25-12-10-21-42(48)52-54-51-41(22-13-24-47(51)55(52)46-23-11-9-20-40(46)34-16-5-2-6-17-34)38-26-37(33-14-3-1-4-15-33)27-39(28-38)45-31-50-44(32-53-45)43-29-35-18-7-8-19-36(35)30-49(43)57-50;/h1-27,29-32,56H;/q-1;. The molecule has 11 rings (SSSR count). The van der Waals surface area contributed by atoms with Crippen LogP contribution in [0.3, 0.4) is 0 Å². The Morgan fingerprint density at radius 2 is 1.16 bits per heavy atom. The van der Waals surface area contributed by atoms with Crippen LogP contribution in [-0.2, 0) is 21.1 Å². The summed E-state index contributed by atoms with van der Waals surface area (Å²) in [6.45, 7) is 0. The molecule has 5 nitrogen and oxygen atoms in total. The molecular weight excluding hydrogens is 894 g/mol. The molecule has 0 aliphatic rings. The third-order valence-corrected chi connectivity index (χ3v) is 10.8. The molecule has 278 valence electrons. The van der Waals surface area contributed by atoms with Gasteiger partial charge in [-0.3, -0.25) is 9.55 Å². The van der Waals surface area contributed by atoms with Crippen LogP contribution in [0.5, 0.6) is 5.75 Å². The van der Waals surface area contributed by atoms with Gasteiger partial charge in [-0.25, -0.2) is 4.98 Å². The normalized spacial score (nSPS) is 11.4. The number of aromatic hydroxyl groups is 1. The van der Waals surface area contributed by atoms with Crippen molar-refractivity contribution in [3.05, 3.63) is 194 Å². The summed E-state index contributed by atoms with van der Waals surface area (Å²) in [5.41, 5.74) is 12.5. The topological polar surface area (TPSA) is 64.1 Å². The molecule has 0 saturated heterocycles. The van der Waals surface area contributed by atoms with Crippen LogP contribution in [0.25, 0.3) is 105 Å². The van der Waals surface area contributed by atoms with Gasteiger partial charge < -0.3 is 9.52 Å². The predicted molar refractivity (Wildman–Crippen MR) is 231 cm³/mol. The van der Waals surface area contributed by atoms with Gasteiger partial charge in [0.05, 0.1) is 22.3 Å². The number of pyridine rings is 1. The van der Waals surface area contributed by atoms with E-state index in [4.69, 9.17) is 14.4 Å². The van der Waals surface area contributed by atoms with Crippen LogP contribution in [-0.4, -0.2) is 19.6 Å². The van der Waals surface area contributed by atoms with Crippen molar-refractivity contribution in [2.24, 2.45) is 0 Å². The maximum Gasteiger partial charge on any atom is 0.148 e. The summed E-state index contributed by atoms with van der Waals surface area (Å²) in [6, 6.07) is 65.5. The van der Waals surface area contributed by atoms with E-state index in [1.807, 2.05) is 54.7 Å². The van der Waals surface area contributed by atoms with Crippen LogP contribution in [0.4, 0.5) is 0 Å². The zero-order chi connectivity index (χ0) is 37.9. The second-order valence-corrected chi connectivity index (χ2v) is 14.3. The third-order valence-electron chi connectivity index (χ3n) is 10.8. The van der Waals surface area contributed by atoms with Crippen LogP contribution in [0, 0.1) is 6.07 Å². The second-order valence-electron chi connectivity index (χ2n) is 14.3. The molecule has 0 saturated carbocycles. The maximum absolute atomic E-state index is 11.3. The van der Waals surface area contributed by atoms with Gasteiger partial charge in [-0.05, 0) is 64.4 Å². The van der Waals surface area contributed by atoms with E-state index in [2.05, 4.69) is 138 Å². The summed E-state index contributed by atoms with van der Waals surface area (Å²) >= 11 is 0. The van der Waals surface area contributed by atoms with E-state index in [1.54, 1.807) is 6.07 Å². The fourth-order valence-corrected chi connectivity index (χ4v) is 8.09. The SMILES string of the molecule is Oc1ccccc1-c1nc2c(-c3[c-]c(-c4cc5oc6cc7ccccc7cc6c5cn4)cc(-c4ccccc4)c3)cccc2n1-c1ccccc1-c1ccccc1.[Pt]. The number of imidazole rings is 1. The van der Waals surface area contributed by atoms with Crippen molar-refractivity contribution in [2.75, 3.05) is 0 Å². The largest absolute Gasteiger partial charge is 0.507 e. The van der Waals surface area contributed by atoms with Gasteiger partial charge >= 0.3 is 0 Å². The van der Waals surface area contributed by atoms with Crippen molar-refractivity contribution >= 4 is 43.7 Å². The first-order valence-electron chi connectivity index (χ1n) is 19.0. The van der Waals surface area contributed by atoms with E-state index >= 15 is 0 Å². The number of para-hydroxylation sites is 3. The fourth-order valence-electron chi connectivity index (χ4n) is 8.09. The average Bonchev–Trinajstić information content (AvgIpc) is 3.84. The Morgan fingerprint density at radius 3 is 1.95 bits per heavy atom. The van der Waals surface area contributed by atoms with Crippen LogP contribution < -0.4 is 0 Å². The second kappa shape index (κ2) is 14.5. The summed E-state index contributed by atoms with van der Waals surface area (Å²) in [5, 5.41) is 15.6. The number of nitrogens with zero attached hydrogens (tertiary/aromatic N) is 3. The number of hydrogen-bond donors (Lipinski definition) is 1. The molecule has 0 atom stereocenters. The number of fused-ring (bicyclic) bond motifs is 5. The molecule has 0 radical (unpaired) electrons. The Labute approximate surface area is 348 Å². The van der Waals surface area contributed by atoms with E-state index in [1.165, 1.54) is 0 Å². The molecular formula is C52H32N3O2Pt-. The molecule has 58 heavy (non-hydrogen) atoms. The minimum Gasteiger partial charge on any atom is -0.507 e. The molecule has 0 spiro atoms. The Morgan fingerprint density at radius 1 is 0.517 bits per heavy atom. The summed E-state index contributed by atoms with van der Waals surface area (Å²) in [5.74, 6) is 0.802. The van der Waals surface area contributed by atoms with E-state index in [0.29, 0.717) is 11.4 Å². The van der Waals surface area contributed by atoms with Crippen molar-refractivity contribution in [3.8, 4) is 67.5 Å². The summed E-state index contributed by atoms with van der Waals surface area (Å²) in [7, 11) is 0. The first-order valence-corrected chi connectivity index (χ1v) is 19.0. The monoisotopic (exact) mass is 925 g/mol. The third kappa shape index (κ3) is 5.99. The molecule has 0 aliphatic heterocycles. The van der Waals surface area contributed by atoms with Crippen molar-refractivity contribution in [1.29, 1.82) is 0 Å². The first-order chi connectivity index (χ1) is 28.2. The Kier molecular flexibility index (Phi) is 8.81. The van der Waals surface area contributed by atoms with Gasteiger partial charge in [0, 0.05) is 49.3 Å². The quantitative estimate of drug-likeness (QED) is 0.169. The van der Waals surface area contributed by atoms with Gasteiger partial charge in [0.25, 0.3) is 0 Å². The van der Waals surface area contributed by atoms with Gasteiger partial charge in [-0.1, -0.05) is 144 Å². The fraction of sp³-hybridized carbons (Fsp3) is 0. The van der Waals surface area contributed by atoms with Crippen LogP contribution in [0.15, 0.2) is 193 Å². The Bertz CT molecular complexity index is 3320. The zero-order valence-corrected chi connectivity index (χ0v) is 33.2.